The minimum Gasteiger partial charge on any atom is -0.342 e. The molecule has 4 nitrogen and oxygen atoms in total. The van der Waals surface area contributed by atoms with E-state index in [2.05, 4.69) is 0 Å². The van der Waals surface area contributed by atoms with Gasteiger partial charge < -0.3 is 4.90 Å². The quantitative estimate of drug-likeness (QED) is 0.685. The lowest BCUT2D eigenvalue weighted by molar-refractivity contribution is -0.136. The number of hydrogen-bond acceptors (Lipinski definition) is 3. The molecule has 0 bridgehead atoms. The Morgan fingerprint density at radius 2 is 1.42 bits per heavy atom. The van der Waals surface area contributed by atoms with Crippen LogP contribution in [0.3, 0.4) is 0 Å². The highest BCUT2D eigenvalue weighted by molar-refractivity contribution is 5.90. The molecule has 0 aliphatic rings. The van der Waals surface area contributed by atoms with Crippen molar-refractivity contribution in [3.63, 3.8) is 0 Å². The lowest BCUT2D eigenvalue weighted by Gasteiger charge is -2.31. The van der Waals surface area contributed by atoms with Crippen molar-refractivity contribution < 1.29 is 4.79 Å². The molecule has 0 saturated heterocycles. The molecule has 0 aliphatic carbocycles. The maximum atomic E-state index is 13.2. The summed E-state index contributed by atoms with van der Waals surface area (Å²) in [6.45, 7) is 9.25. The van der Waals surface area contributed by atoms with Gasteiger partial charge in [-0.25, -0.2) is 9.97 Å². The highest BCUT2D eigenvalue weighted by Crippen LogP contribution is 2.33. The van der Waals surface area contributed by atoms with Crippen LogP contribution in [0.25, 0.3) is 22.3 Å². The fourth-order valence-electron chi connectivity index (χ4n) is 3.24. The van der Waals surface area contributed by atoms with Crippen LogP contribution in [-0.2, 0) is 10.2 Å². The topological polar surface area (TPSA) is 46.1 Å². The van der Waals surface area contributed by atoms with E-state index in [1.807, 2.05) is 87.2 Å². The van der Waals surface area contributed by atoms with Gasteiger partial charge in [-0.15, -0.1) is 0 Å². The van der Waals surface area contributed by atoms with Gasteiger partial charge in [-0.2, -0.15) is 0 Å². The largest absolute Gasteiger partial charge is 0.342 e. The first-order chi connectivity index (χ1) is 12.5. The van der Waals surface area contributed by atoms with Crippen molar-refractivity contribution in [3.8, 4) is 11.3 Å². The lowest BCUT2D eigenvalue weighted by Crippen LogP contribution is -2.44. The summed E-state index contributed by atoms with van der Waals surface area (Å²) in [6.07, 6.45) is 0. The van der Waals surface area contributed by atoms with Crippen molar-refractivity contribution >= 4 is 16.9 Å². The molecular weight excluding hydrogens is 322 g/mol. The molecule has 1 heterocycles. The first-order valence-electron chi connectivity index (χ1n) is 9.11. The van der Waals surface area contributed by atoms with Gasteiger partial charge in [0.25, 0.3) is 0 Å². The molecule has 4 heteroatoms. The second-order valence-corrected chi connectivity index (χ2v) is 6.88. The smallest absolute Gasteiger partial charge is 0.234 e. The number of benzene rings is 2. The zero-order valence-corrected chi connectivity index (χ0v) is 15.9. The number of para-hydroxylation sites is 2. The highest BCUT2D eigenvalue weighted by Gasteiger charge is 2.37. The van der Waals surface area contributed by atoms with Crippen molar-refractivity contribution in [1.29, 1.82) is 0 Å². The number of fused-ring (bicyclic) bond motifs is 1. The predicted molar refractivity (Wildman–Crippen MR) is 106 cm³/mol. The van der Waals surface area contributed by atoms with Gasteiger partial charge in [-0.05, 0) is 39.8 Å². The van der Waals surface area contributed by atoms with E-state index in [0.717, 1.165) is 28.0 Å². The van der Waals surface area contributed by atoms with Gasteiger partial charge in [-0.3, -0.25) is 4.79 Å². The highest BCUT2D eigenvalue weighted by atomic mass is 16.2. The van der Waals surface area contributed by atoms with Crippen LogP contribution >= 0.6 is 0 Å². The summed E-state index contributed by atoms with van der Waals surface area (Å²) in [7, 11) is 0. The van der Waals surface area contributed by atoms with Crippen molar-refractivity contribution in [2.24, 2.45) is 0 Å². The average Bonchev–Trinajstić information content (AvgIpc) is 2.68. The molecule has 3 rings (SSSR count). The van der Waals surface area contributed by atoms with Crippen molar-refractivity contribution in [2.75, 3.05) is 13.1 Å². The molecule has 134 valence electrons. The summed E-state index contributed by atoms with van der Waals surface area (Å²) in [6, 6.07) is 17.8. The standard InChI is InChI=1S/C22H25N3O/c1-5-25(6-2)21(26)22(3,4)20-19(16-12-8-7-9-13-16)23-17-14-10-11-15-18(17)24-20/h7-15H,5-6H2,1-4H3. The first-order valence-corrected chi connectivity index (χ1v) is 9.11. The Bertz CT molecular complexity index is 915. The zero-order chi connectivity index (χ0) is 18.7. The molecular formula is C22H25N3O. The molecule has 3 aromatic rings. The first kappa shape index (κ1) is 18.1. The van der Waals surface area contributed by atoms with Gasteiger partial charge in [-0.1, -0.05) is 42.5 Å². The van der Waals surface area contributed by atoms with Gasteiger partial charge in [0.1, 0.15) is 0 Å². The third kappa shape index (κ3) is 3.19. The van der Waals surface area contributed by atoms with E-state index >= 15 is 0 Å². The number of carbonyl (C=O) groups excluding carboxylic acids is 1. The molecule has 1 aromatic heterocycles. The monoisotopic (exact) mass is 347 g/mol. The van der Waals surface area contributed by atoms with Gasteiger partial charge in [0.05, 0.1) is 27.8 Å². The third-order valence-electron chi connectivity index (χ3n) is 4.80. The minimum absolute atomic E-state index is 0.0734. The van der Waals surface area contributed by atoms with Crippen LogP contribution in [0, 0.1) is 0 Å². The molecule has 0 atom stereocenters. The summed E-state index contributed by atoms with van der Waals surface area (Å²) in [5.74, 6) is 0.0734. The summed E-state index contributed by atoms with van der Waals surface area (Å²) in [4.78, 5) is 24.8. The van der Waals surface area contributed by atoms with Crippen LogP contribution in [0.1, 0.15) is 33.4 Å². The maximum absolute atomic E-state index is 13.2. The molecule has 0 radical (unpaired) electrons. The molecule has 0 spiro atoms. The molecule has 0 unspecified atom stereocenters. The van der Waals surface area contributed by atoms with Crippen LogP contribution in [0.15, 0.2) is 54.6 Å². The number of likely N-dealkylation sites (N-methyl/N-ethyl adjacent to an activating group) is 1. The fourth-order valence-corrected chi connectivity index (χ4v) is 3.24. The Labute approximate surface area is 154 Å². The van der Waals surface area contributed by atoms with Crippen molar-refractivity contribution in [3.05, 3.63) is 60.3 Å². The molecule has 1 amide bonds. The van der Waals surface area contributed by atoms with Crippen LogP contribution in [0.2, 0.25) is 0 Å². The van der Waals surface area contributed by atoms with Crippen LogP contribution in [0.4, 0.5) is 0 Å². The molecule has 0 fully saturated rings. The Morgan fingerprint density at radius 1 is 0.885 bits per heavy atom. The Balaban J connectivity index is 2.24. The van der Waals surface area contributed by atoms with Gasteiger partial charge in [0, 0.05) is 18.7 Å². The number of hydrogen-bond donors (Lipinski definition) is 0. The molecule has 0 aliphatic heterocycles. The fraction of sp³-hybridized carbons (Fsp3) is 0.318. The van der Waals surface area contributed by atoms with Crippen molar-refractivity contribution in [2.45, 2.75) is 33.1 Å². The predicted octanol–water partition coefficient (Wildman–Crippen LogP) is 4.44. The van der Waals surface area contributed by atoms with E-state index < -0.39 is 5.41 Å². The average molecular weight is 347 g/mol. The molecule has 26 heavy (non-hydrogen) atoms. The van der Waals surface area contributed by atoms with Crippen molar-refractivity contribution in [1.82, 2.24) is 14.9 Å². The lowest BCUT2D eigenvalue weighted by atomic mass is 9.84. The Kier molecular flexibility index (Phi) is 5.03. The summed E-state index contributed by atoms with van der Waals surface area (Å²) < 4.78 is 0. The summed E-state index contributed by atoms with van der Waals surface area (Å²) in [5.41, 5.74) is 3.34. The zero-order valence-electron chi connectivity index (χ0n) is 15.9. The van der Waals surface area contributed by atoms with Crippen LogP contribution in [-0.4, -0.2) is 33.9 Å². The molecule has 2 aromatic carbocycles. The third-order valence-corrected chi connectivity index (χ3v) is 4.80. The normalized spacial score (nSPS) is 11.5. The SMILES string of the molecule is CCN(CC)C(=O)C(C)(C)c1nc2ccccc2nc1-c1ccccc1. The summed E-state index contributed by atoms with van der Waals surface area (Å²) >= 11 is 0. The van der Waals surface area contributed by atoms with E-state index in [-0.39, 0.29) is 5.91 Å². The minimum atomic E-state index is -0.770. The molecule has 0 N–H and O–H groups in total. The molecule has 0 saturated carbocycles. The van der Waals surface area contributed by atoms with E-state index in [9.17, 15) is 4.79 Å². The number of amides is 1. The second-order valence-electron chi connectivity index (χ2n) is 6.88. The van der Waals surface area contributed by atoms with Gasteiger partial charge >= 0.3 is 0 Å². The number of rotatable bonds is 5. The number of nitrogens with zero attached hydrogens (tertiary/aromatic N) is 3. The number of carbonyl (C=O) groups is 1. The maximum Gasteiger partial charge on any atom is 0.234 e. The van der Waals surface area contributed by atoms with E-state index in [1.165, 1.54) is 0 Å². The number of aromatic nitrogens is 2. The van der Waals surface area contributed by atoms with Crippen LogP contribution < -0.4 is 0 Å². The van der Waals surface area contributed by atoms with Gasteiger partial charge in [0.2, 0.25) is 5.91 Å². The van der Waals surface area contributed by atoms with E-state index in [1.54, 1.807) is 0 Å². The Hall–Kier alpha value is -2.75. The van der Waals surface area contributed by atoms with E-state index in [4.69, 9.17) is 9.97 Å². The second kappa shape index (κ2) is 7.24. The van der Waals surface area contributed by atoms with E-state index in [0.29, 0.717) is 13.1 Å². The summed E-state index contributed by atoms with van der Waals surface area (Å²) in [5, 5.41) is 0. The van der Waals surface area contributed by atoms with Gasteiger partial charge in [0.15, 0.2) is 0 Å². The van der Waals surface area contributed by atoms with Crippen LogP contribution in [0.5, 0.6) is 0 Å². The Morgan fingerprint density at radius 3 is 2.00 bits per heavy atom.